The number of carbonyl (C=O) groups is 8. The van der Waals surface area contributed by atoms with Gasteiger partial charge < -0.3 is 28.4 Å². The van der Waals surface area contributed by atoms with E-state index in [0.29, 0.717) is 0 Å². The van der Waals surface area contributed by atoms with Crippen molar-refractivity contribution in [1.29, 1.82) is 0 Å². The van der Waals surface area contributed by atoms with Crippen LogP contribution in [0.3, 0.4) is 0 Å². The van der Waals surface area contributed by atoms with Crippen molar-refractivity contribution >= 4 is 47.4 Å². The number of esters is 6. The topological polar surface area (TPSA) is 192 Å². The minimum absolute atomic E-state index is 0.104. The van der Waals surface area contributed by atoms with Gasteiger partial charge in [-0.3, -0.25) is 33.6 Å². The highest BCUT2D eigenvalue weighted by Gasteiger charge is 2.72. The van der Waals surface area contributed by atoms with Gasteiger partial charge in [0, 0.05) is 63.5 Å². The Morgan fingerprint density at radius 2 is 1.24 bits per heavy atom. The lowest BCUT2D eigenvalue weighted by Crippen LogP contribution is -2.58. The number of hydrogen-bond acceptors (Lipinski definition) is 14. The van der Waals surface area contributed by atoms with Crippen molar-refractivity contribution in [2.24, 2.45) is 17.3 Å². The van der Waals surface area contributed by atoms with E-state index in [1.54, 1.807) is 6.92 Å². The van der Waals surface area contributed by atoms with Crippen LogP contribution in [0, 0.1) is 17.3 Å². The first-order chi connectivity index (χ1) is 22.4. The van der Waals surface area contributed by atoms with E-state index >= 15 is 0 Å². The molecule has 1 saturated carbocycles. The lowest BCUT2D eigenvalue weighted by atomic mass is 9.72. The second kappa shape index (κ2) is 15.3. The summed E-state index contributed by atoms with van der Waals surface area (Å²) in [6.45, 7) is 17.9. The smallest absolute Gasteiger partial charge is 0.334 e. The molecule has 0 bridgehead atoms. The number of Topliss-reactive ketones (excluding diaryl/α,β-unsaturated/α-hetero) is 2. The average Bonchev–Trinajstić information content (AvgIpc) is 3.19. The summed E-state index contributed by atoms with van der Waals surface area (Å²) in [4.78, 5) is 106. The van der Waals surface area contributed by atoms with Crippen LogP contribution in [-0.4, -0.2) is 83.0 Å². The van der Waals surface area contributed by atoms with Crippen LogP contribution in [0.15, 0.2) is 36.0 Å². The van der Waals surface area contributed by atoms with E-state index in [9.17, 15) is 38.4 Å². The maximum Gasteiger partial charge on any atom is 0.334 e. The fraction of sp³-hybridized carbons (Fsp3) is 0.600. The minimum Gasteiger partial charge on any atom is -0.458 e. The monoisotopic (exact) mass is 690 g/mol. The van der Waals surface area contributed by atoms with E-state index in [1.165, 1.54) is 52.8 Å². The summed E-state index contributed by atoms with van der Waals surface area (Å²) in [5, 5.41) is 0. The molecule has 0 aromatic heterocycles. The average molecular weight is 691 g/mol. The third kappa shape index (κ3) is 8.90. The number of rotatable bonds is 7. The molecule has 0 radical (unpaired) electrons. The molecule has 0 amide bonds. The highest BCUT2D eigenvalue weighted by Crippen LogP contribution is 2.54. The molecule has 1 fully saturated rings. The van der Waals surface area contributed by atoms with Crippen molar-refractivity contribution in [2.45, 2.75) is 118 Å². The summed E-state index contributed by atoms with van der Waals surface area (Å²) in [6, 6.07) is 0. The summed E-state index contributed by atoms with van der Waals surface area (Å²) in [7, 11) is 0. The Bertz CT molecular complexity index is 1480. The van der Waals surface area contributed by atoms with Crippen molar-refractivity contribution in [3.8, 4) is 0 Å². The van der Waals surface area contributed by atoms with Gasteiger partial charge >= 0.3 is 35.8 Å². The standard InChI is InChI=1S/C35H46O14/c1-13-17(2)32(43)47-28-27(45-21(6)37)19(4)26(44-20(5)36)25-31(46-22(7)38)34(12,48-23(8)39)16-35(25,49-24(9)40)29(41)18(3)14-15-33(10,11)30(28)42/h13-15,18,25-28,31H,4,16H2,1-3,5-12H3/b15-14+,17-13+/t18-,25+,26-,27+,28-,31-,34-,35-/m1/s1. The quantitative estimate of drug-likeness (QED) is 0.164. The normalized spacial score (nSPS) is 32.3. The molecule has 0 heterocycles. The van der Waals surface area contributed by atoms with Crippen LogP contribution in [0.5, 0.6) is 0 Å². The number of carbonyl (C=O) groups excluding carboxylic acids is 8. The molecule has 0 aliphatic heterocycles. The van der Waals surface area contributed by atoms with Crippen LogP contribution in [0.4, 0.5) is 0 Å². The molecule has 0 spiro atoms. The van der Waals surface area contributed by atoms with Crippen LogP contribution < -0.4 is 0 Å². The van der Waals surface area contributed by atoms with Gasteiger partial charge in [-0.25, -0.2) is 4.79 Å². The Morgan fingerprint density at radius 1 is 0.735 bits per heavy atom. The van der Waals surface area contributed by atoms with E-state index in [2.05, 4.69) is 6.58 Å². The molecule has 2 aliphatic carbocycles. The molecule has 0 unspecified atom stereocenters. The highest BCUT2D eigenvalue weighted by molar-refractivity contribution is 5.97. The zero-order valence-corrected chi connectivity index (χ0v) is 29.8. The zero-order valence-electron chi connectivity index (χ0n) is 29.8. The summed E-state index contributed by atoms with van der Waals surface area (Å²) in [6.07, 6.45) is -3.71. The van der Waals surface area contributed by atoms with Gasteiger partial charge in [-0.05, 0) is 34.6 Å². The molecule has 14 heteroatoms. The molecular formula is C35H46O14. The first-order valence-corrected chi connectivity index (χ1v) is 15.7. The number of ether oxygens (including phenoxy) is 6. The van der Waals surface area contributed by atoms with E-state index in [-0.39, 0.29) is 5.57 Å². The van der Waals surface area contributed by atoms with E-state index in [1.807, 2.05) is 0 Å². The van der Waals surface area contributed by atoms with E-state index < -0.39 is 112 Å². The maximum atomic E-state index is 14.7. The Labute approximate surface area is 285 Å². The van der Waals surface area contributed by atoms with Gasteiger partial charge in [0.2, 0.25) is 6.10 Å². The van der Waals surface area contributed by atoms with Gasteiger partial charge in [0.05, 0.1) is 5.92 Å². The molecule has 2 rings (SSSR count). The SMILES string of the molecule is C=C1[C@@H](OC(C)=O)[C@H]2[C@@H](OC(C)=O)[C@](C)(OC(C)=O)C[C@]2(OC(C)=O)C(=O)[C@H](C)/C=C/C(C)(C)C(=O)[C@H](OC(=O)/C(C)=C/C)[C@H]1OC(C)=O. The molecule has 0 aromatic rings. The molecule has 14 nitrogen and oxygen atoms in total. The Hall–Kier alpha value is -4.62. The van der Waals surface area contributed by atoms with Crippen LogP contribution in [0.1, 0.15) is 82.6 Å². The Morgan fingerprint density at radius 3 is 1.71 bits per heavy atom. The zero-order chi connectivity index (χ0) is 37.8. The number of allylic oxidation sites excluding steroid dienone is 3. The summed E-state index contributed by atoms with van der Waals surface area (Å²) in [5.74, 6) is -10.1. The van der Waals surface area contributed by atoms with Gasteiger partial charge in [0.25, 0.3) is 0 Å². The van der Waals surface area contributed by atoms with Crippen molar-refractivity contribution < 1.29 is 66.8 Å². The van der Waals surface area contributed by atoms with E-state index in [4.69, 9.17) is 28.4 Å². The molecule has 2 aliphatic rings. The molecular weight excluding hydrogens is 644 g/mol. The van der Waals surface area contributed by atoms with Crippen LogP contribution in [0.2, 0.25) is 0 Å². The second-order valence-electron chi connectivity index (χ2n) is 13.2. The predicted octanol–water partition coefficient (Wildman–Crippen LogP) is 3.23. The minimum atomic E-state index is -2.36. The van der Waals surface area contributed by atoms with Gasteiger partial charge in [-0.2, -0.15) is 0 Å². The Kier molecular flexibility index (Phi) is 12.7. The van der Waals surface area contributed by atoms with Gasteiger partial charge in [0.1, 0.15) is 6.10 Å². The maximum absolute atomic E-state index is 14.7. The van der Waals surface area contributed by atoms with Gasteiger partial charge in [-0.15, -0.1) is 0 Å². The van der Waals surface area contributed by atoms with Crippen LogP contribution in [-0.2, 0) is 66.8 Å². The summed E-state index contributed by atoms with van der Waals surface area (Å²) < 4.78 is 34.3. The van der Waals surface area contributed by atoms with E-state index in [0.717, 1.165) is 34.6 Å². The molecule has 49 heavy (non-hydrogen) atoms. The number of hydrogen-bond donors (Lipinski definition) is 0. The van der Waals surface area contributed by atoms with Crippen LogP contribution in [0.25, 0.3) is 0 Å². The van der Waals surface area contributed by atoms with Crippen LogP contribution >= 0.6 is 0 Å². The fourth-order valence-electron chi connectivity index (χ4n) is 6.35. The highest BCUT2D eigenvalue weighted by atomic mass is 16.6. The summed E-state index contributed by atoms with van der Waals surface area (Å²) in [5.41, 5.74) is -6.04. The Balaban J connectivity index is 3.23. The molecule has 0 N–H and O–H groups in total. The van der Waals surface area contributed by atoms with Gasteiger partial charge in [0.15, 0.2) is 35.0 Å². The largest absolute Gasteiger partial charge is 0.458 e. The number of fused-ring (bicyclic) bond motifs is 1. The molecule has 0 saturated heterocycles. The van der Waals surface area contributed by atoms with Crippen molar-refractivity contribution in [3.05, 3.63) is 36.0 Å². The molecule has 0 aromatic carbocycles. The lowest BCUT2D eigenvalue weighted by Gasteiger charge is -2.42. The first kappa shape index (κ1) is 40.6. The van der Waals surface area contributed by atoms with Crippen molar-refractivity contribution in [3.63, 3.8) is 0 Å². The second-order valence-corrected chi connectivity index (χ2v) is 13.2. The fourth-order valence-corrected chi connectivity index (χ4v) is 6.35. The molecule has 8 atom stereocenters. The van der Waals surface area contributed by atoms with Gasteiger partial charge in [-0.1, -0.05) is 31.7 Å². The van der Waals surface area contributed by atoms with Crippen molar-refractivity contribution in [2.75, 3.05) is 0 Å². The number of ketones is 2. The third-order valence-electron chi connectivity index (χ3n) is 8.51. The third-order valence-corrected chi connectivity index (χ3v) is 8.51. The predicted molar refractivity (Wildman–Crippen MR) is 170 cm³/mol. The first-order valence-electron chi connectivity index (χ1n) is 15.7. The summed E-state index contributed by atoms with van der Waals surface area (Å²) >= 11 is 0. The lowest BCUT2D eigenvalue weighted by molar-refractivity contribution is -0.191. The molecule has 270 valence electrons. The van der Waals surface area contributed by atoms with Crippen molar-refractivity contribution in [1.82, 2.24) is 0 Å².